The fourth-order valence-electron chi connectivity index (χ4n) is 6.42. The molecule has 3 saturated carbocycles. The van der Waals surface area contributed by atoms with Crippen molar-refractivity contribution >= 4 is 5.97 Å². The number of ether oxygens (including phenoxy) is 1. The molecule has 3 aliphatic carbocycles. The topological polar surface area (TPSA) is 87.0 Å². The van der Waals surface area contributed by atoms with Crippen LogP contribution in [0.4, 0.5) is 13.2 Å². The monoisotopic (exact) mass is 488 g/mol. The number of allylic oxidation sites excluding steroid dienone is 3. The molecule has 0 aromatic rings. The van der Waals surface area contributed by atoms with Gasteiger partial charge in [-0.25, -0.2) is 0 Å². The first-order chi connectivity index (χ1) is 15.7. The molecule has 194 valence electrons. The largest absolute Gasteiger partial charge is 0.462 e. The molecule has 3 fully saturated rings. The molecule has 0 heterocycles. The highest BCUT2D eigenvalue weighted by molar-refractivity contribution is 5.69. The van der Waals surface area contributed by atoms with Gasteiger partial charge in [-0.1, -0.05) is 30.2 Å². The SMILES string of the molecule is C[C@H](OC(=O)CCC(C)(O)C(F)(F)F)[C@H]1CC[C@H]2C(=CC=C3C[C@@H](O)C[C@H](O)C3)CCC[C@]12C. The minimum absolute atomic E-state index is 0.0641. The van der Waals surface area contributed by atoms with Gasteiger partial charge < -0.3 is 20.1 Å². The third-order valence-electron chi connectivity index (χ3n) is 8.42. The summed E-state index contributed by atoms with van der Waals surface area (Å²) >= 11 is 0. The molecule has 1 unspecified atom stereocenters. The van der Waals surface area contributed by atoms with Crippen molar-refractivity contribution in [1.82, 2.24) is 0 Å². The normalized spacial score (nSPS) is 36.0. The molecule has 0 saturated heterocycles. The smallest absolute Gasteiger partial charge is 0.416 e. The van der Waals surface area contributed by atoms with Gasteiger partial charge in [-0.05, 0) is 83.0 Å². The second-order valence-corrected chi connectivity index (χ2v) is 11.1. The van der Waals surface area contributed by atoms with Crippen LogP contribution in [0.15, 0.2) is 23.3 Å². The Bertz CT molecular complexity index is 791. The van der Waals surface area contributed by atoms with Crippen molar-refractivity contribution in [3.05, 3.63) is 23.3 Å². The molecule has 3 aliphatic rings. The number of hydrogen-bond donors (Lipinski definition) is 3. The van der Waals surface area contributed by atoms with Crippen molar-refractivity contribution in [3.8, 4) is 0 Å². The Kier molecular flexibility index (Phi) is 8.25. The number of alkyl halides is 3. The van der Waals surface area contributed by atoms with E-state index < -0.39 is 48.9 Å². The summed E-state index contributed by atoms with van der Waals surface area (Å²) in [7, 11) is 0. The van der Waals surface area contributed by atoms with E-state index in [0.717, 1.165) is 37.7 Å². The molecule has 7 atom stereocenters. The number of fused-ring (bicyclic) bond motifs is 1. The number of hydrogen-bond acceptors (Lipinski definition) is 5. The average Bonchev–Trinajstić information content (AvgIpc) is 3.07. The third-order valence-corrected chi connectivity index (χ3v) is 8.42. The van der Waals surface area contributed by atoms with Crippen molar-refractivity contribution < 1.29 is 38.0 Å². The van der Waals surface area contributed by atoms with Gasteiger partial charge in [0.1, 0.15) is 6.10 Å². The molecular formula is C26H39F3O5. The summed E-state index contributed by atoms with van der Waals surface area (Å²) in [5, 5.41) is 29.4. The van der Waals surface area contributed by atoms with Crippen LogP contribution in [-0.2, 0) is 9.53 Å². The molecule has 3 N–H and O–H groups in total. The van der Waals surface area contributed by atoms with E-state index >= 15 is 0 Å². The Labute approximate surface area is 200 Å². The van der Waals surface area contributed by atoms with Crippen LogP contribution >= 0.6 is 0 Å². The van der Waals surface area contributed by atoms with Crippen molar-refractivity contribution in [1.29, 1.82) is 0 Å². The first kappa shape index (κ1) is 27.2. The second-order valence-electron chi connectivity index (χ2n) is 11.1. The van der Waals surface area contributed by atoms with Gasteiger partial charge in [0.15, 0.2) is 5.60 Å². The summed E-state index contributed by atoms with van der Waals surface area (Å²) in [5.74, 6) is -0.261. The van der Waals surface area contributed by atoms with E-state index in [9.17, 15) is 33.3 Å². The predicted molar refractivity (Wildman–Crippen MR) is 122 cm³/mol. The lowest BCUT2D eigenvalue weighted by Crippen LogP contribution is -2.43. The molecular weight excluding hydrogens is 449 g/mol. The van der Waals surface area contributed by atoms with E-state index in [4.69, 9.17) is 4.74 Å². The van der Waals surface area contributed by atoms with E-state index in [0.29, 0.717) is 32.1 Å². The average molecular weight is 489 g/mol. The van der Waals surface area contributed by atoms with Gasteiger partial charge in [0.05, 0.1) is 12.2 Å². The Morgan fingerprint density at radius 2 is 1.85 bits per heavy atom. The van der Waals surface area contributed by atoms with Gasteiger partial charge >= 0.3 is 12.1 Å². The standard InChI is InChI=1S/C26H39F3O5/c1-16(34-23(32)10-12-25(3,33)26(27,28)29)21-8-9-22-18(5-4-11-24(21,22)2)7-6-17-13-19(30)15-20(31)14-17/h6-7,16,19-22,30-31,33H,4-5,8-15H2,1-3H3/t16-,19+,20+,21+,22-,24+,25?/m0/s1. The zero-order chi connectivity index (χ0) is 25.3. The minimum Gasteiger partial charge on any atom is -0.462 e. The Balaban J connectivity index is 1.63. The molecule has 34 heavy (non-hydrogen) atoms. The van der Waals surface area contributed by atoms with E-state index in [2.05, 4.69) is 19.1 Å². The van der Waals surface area contributed by atoms with Crippen LogP contribution in [0.2, 0.25) is 0 Å². The number of rotatable bonds is 6. The Morgan fingerprint density at radius 1 is 1.21 bits per heavy atom. The molecule has 0 aliphatic heterocycles. The zero-order valence-electron chi connectivity index (χ0n) is 20.4. The maximum atomic E-state index is 12.8. The summed E-state index contributed by atoms with van der Waals surface area (Å²) in [5.41, 5.74) is -0.580. The van der Waals surface area contributed by atoms with Crippen LogP contribution in [0, 0.1) is 17.3 Å². The fourth-order valence-corrected chi connectivity index (χ4v) is 6.42. The number of aliphatic hydroxyl groups is 3. The number of esters is 1. The lowest BCUT2D eigenvalue weighted by Gasteiger charge is -2.44. The Morgan fingerprint density at radius 3 is 2.47 bits per heavy atom. The lowest BCUT2D eigenvalue weighted by atomic mass is 9.62. The lowest BCUT2D eigenvalue weighted by molar-refractivity contribution is -0.255. The highest BCUT2D eigenvalue weighted by Gasteiger charge is 2.52. The number of carbonyl (C=O) groups is 1. The van der Waals surface area contributed by atoms with Gasteiger partial charge in [0.25, 0.3) is 0 Å². The van der Waals surface area contributed by atoms with Crippen LogP contribution in [0.25, 0.3) is 0 Å². The number of halogens is 3. The van der Waals surface area contributed by atoms with Gasteiger partial charge in [-0.3, -0.25) is 4.79 Å². The molecule has 3 rings (SSSR count). The number of aliphatic hydroxyl groups excluding tert-OH is 2. The van der Waals surface area contributed by atoms with Gasteiger partial charge in [0, 0.05) is 12.3 Å². The summed E-state index contributed by atoms with van der Waals surface area (Å²) in [6, 6.07) is 0. The molecule has 5 nitrogen and oxygen atoms in total. The summed E-state index contributed by atoms with van der Waals surface area (Å²) < 4.78 is 44.1. The van der Waals surface area contributed by atoms with Gasteiger partial charge in [-0.15, -0.1) is 0 Å². The maximum Gasteiger partial charge on any atom is 0.416 e. The highest BCUT2D eigenvalue weighted by atomic mass is 19.4. The predicted octanol–water partition coefficient (Wildman–Crippen LogP) is 4.99. The van der Waals surface area contributed by atoms with Gasteiger partial charge in [-0.2, -0.15) is 13.2 Å². The van der Waals surface area contributed by atoms with Crippen LogP contribution in [0.3, 0.4) is 0 Å². The van der Waals surface area contributed by atoms with Crippen LogP contribution in [0.5, 0.6) is 0 Å². The van der Waals surface area contributed by atoms with E-state index in [1.54, 1.807) is 0 Å². The summed E-state index contributed by atoms with van der Waals surface area (Å²) in [4.78, 5) is 12.3. The van der Waals surface area contributed by atoms with Crippen LogP contribution in [0.1, 0.15) is 85.0 Å². The first-order valence-electron chi connectivity index (χ1n) is 12.5. The molecule has 0 radical (unpaired) electrons. The third kappa shape index (κ3) is 6.05. The van der Waals surface area contributed by atoms with Crippen molar-refractivity contribution in [3.63, 3.8) is 0 Å². The molecule has 0 aromatic carbocycles. The minimum atomic E-state index is -4.79. The van der Waals surface area contributed by atoms with Crippen LogP contribution in [-0.4, -0.2) is 51.4 Å². The quantitative estimate of drug-likeness (QED) is 0.459. The Hall–Kier alpha value is -1.38. The molecule has 0 spiro atoms. The number of carbonyl (C=O) groups excluding carboxylic acids is 1. The van der Waals surface area contributed by atoms with Crippen molar-refractivity contribution in [2.24, 2.45) is 17.3 Å². The second kappa shape index (κ2) is 10.3. The zero-order valence-corrected chi connectivity index (χ0v) is 20.4. The molecule has 0 aromatic heterocycles. The first-order valence-corrected chi connectivity index (χ1v) is 12.5. The highest BCUT2D eigenvalue weighted by Crippen LogP contribution is 2.58. The van der Waals surface area contributed by atoms with E-state index in [-0.39, 0.29) is 11.3 Å². The molecule has 0 bridgehead atoms. The van der Waals surface area contributed by atoms with E-state index in [1.165, 1.54) is 5.57 Å². The van der Waals surface area contributed by atoms with E-state index in [1.807, 2.05) is 6.92 Å². The van der Waals surface area contributed by atoms with Crippen molar-refractivity contribution in [2.45, 2.75) is 115 Å². The maximum absolute atomic E-state index is 12.8. The summed E-state index contributed by atoms with van der Waals surface area (Å²) in [6.07, 6.45) is 3.20. The summed E-state index contributed by atoms with van der Waals surface area (Å²) in [6.45, 7) is 4.72. The fraction of sp³-hybridized carbons (Fsp3) is 0.808. The van der Waals surface area contributed by atoms with Crippen LogP contribution < -0.4 is 0 Å². The van der Waals surface area contributed by atoms with Gasteiger partial charge in [0.2, 0.25) is 0 Å². The van der Waals surface area contributed by atoms with Crippen molar-refractivity contribution in [2.75, 3.05) is 0 Å². The molecule has 0 amide bonds. The molecule has 8 heteroatoms.